The number of tetrazole rings is 1. The average Bonchev–Trinajstić information content (AvgIpc) is 3.47. The monoisotopic (exact) mass is 476 g/mol. The highest BCUT2D eigenvalue weighted by atomic mass is 16.1. The number of aryl methyl sites for hydroxylation is 2. The molecule has 5 aromatic rings. The summed E-state index contributed by atoms with van der Waals surface area (Å²) in [6.45, 7) is 6.82. The minimum Gasteiger partial charge on any atom is -0.354 e. The van der Waals surface area contributed by atoms with Gasteiger partial charge in [0, 0.05) is 22.7 Å². The van der Waals surface area contributed by atoms with Crippen molar-refractivity contribution in [2.45, 2.75) is 45.8 Å². The molecule has 0 radical (unpaired) electrons. The van der Waals surface area contributed by atoms with E-state index in [1.807, 2.05) is 48.0 Å². The van der Waals surface area contributed by atoms with Crippen molar-refractivity contribution in [3.05, 3.63) is 117 Å². The van der Waals surface area contributed by atoms with Gasteiger partial charge in [-0.3, -0.25) is 4.79 Å². The van der Waals surface area contributed by atoms with Crippen LogP contribution >= 0.6 is 0 Å². The molecule has 0 saturated heterocycles. The molecule has 1 aliphatic heterocycles. The van der Waals surface area contributed by atoms with Crippen LogP contribution in [0.1, 0.15) is 46.6 Å². The molecule has 6 rings (SSSR count). The lowest BCUT2D eigenvalue weighted by Crippen LogP contribution is -2.39. The van der Waals surface area contributed by atoms with Gasteiger partial charge in [-0.1, -0.05) is 60.7 Å². The van der Waals surface area contributed by atoms with Gasteiger partial charge in [-0.2, -0.15) is 0 Å². The molecule has 0 unspecified atom stereocenters. The minimum absolute atomic E-state index is 0.118. The molecule has 3 heterocycles. The topological polar surface area (TPSA) is 79.7 Å². The Bertz CT molecular complexity index is 1620. The summed E-state index contributed by atoms with van der Waals surface area (Å²) >= 11 is 0. The van der Waals surface area contributed by atoms with E-state index in [0.29, 0.717) is 17.9 Å². The van der Waals surface area contributed by atoms with E-state index >= 15 is 0 Å². The Hall–Kier alpha value is -4.26. The second kappa shape index (κ2) is 8.75. The van der Waals surface area contributed by atoms with E-state index in [1.165, 1.54) is 5.56 Å². The number of nitrogens with one attached hydrogen (secondary N) is 1. The van der Waals surface area contributed by atoms with Gasteiger partial charge in [0.25, 0.3) is 5.56 Å². The molecule has 2 aromatic heterocycles. The lowest BCUT2D eigenvalue weighted by molar-refractivity contribution is 0.544. The molecule has 7 heteroatoms. The van der Waals surface area contributed by atoms with Gasteiger partial charge >= 0.3 is 0 Å². The Balaban J connectivity index is 1.58. The van der Waals surface area contributed by atoms with Crippen molar-refractivity contribution in [1.82, 2.24) is 25.2 Å². The zero-order valence-electron chi connectivity index (χ0n) is 20.6. The second-order valence-electron chi connectivity index (χ2n) is 9.71. The molecule has 36 heavy (non-hydrogen) atoms. The normalized spacial score (nSPS) is 15.9. The van der Waals surface area contributed by atoms with Crippen LogP contribution < -0.4 is 10.5 Å². The SMILES string of the molecule is Cc1ccc(C)c2[nH]c(=O)c([C@@H](c3nnnn3Cc3ccccc3)N3c4ccccc4C[C@@H]3C)cc12. The van der Waals surface area contributed by atoms with Crippen LogP contribution in [-0.2, 0) is 13.0 Å². The van der Waals surface area contributed by atoms with Crippen molar-refractivity contribution in [3.63, 3.8) is 0 Å². The molecule has 7 nitrogen and oxygen atoms in total. The van der Waals surface area contributed by atoms with Gasteiger partial charge in [-0.15, -0.1) is 5.10 Å². The van der Waals surface area contributed by atoms with Gasteiger partial charge in [0.2, 0.25) is 0 Å². The molecule has 180 valence electrons. The number of hydrogen-bond acceptors (Lipinski definition) is 5. The third-order valence-corrected chi connectivity index (χ3v) is 7.28. The van der Waals surface area contributed by atoms with Crippen molar-refractivity contribution in [2.24, 2.45) is 0 Å². The van der Waals surface area contributed by atoms with Crippen molar-refractivity contribution in [3.8, 4) is 0 Å². The number of aromatic amines is 1. The summed E-state index contributed by atoms with van der Waals surface area (Å²) in [5, 5.41) is 14.0. The highest BCUT2D eigenvalue weighted by Crippen LogP contribution is 2.41. The standard InChI is InChI=1S/C29H28N6O/c1-18-13-14-19(2)26-23(18)16-24(29(36)30-26)27(35-20(3)15-22-11-7-8-12-25(22)35)28-31-32-33-34(28)17-21-9-5-4-6-10-21/h4-14,16,20,27H,15,17H2,1-3H3,(H,30,36)/t20-,27-/m0/s1. The third-order valence-electron chi connectivity index (χ3n) is 7.28. The van der Waals surface area contributed by atoms with E-state index in [-0.39, 0.29) is 11.6 Å². The minimum atomic E-state index is -0.449. The first kappa shape index (κ1) is 22.2. The van der Waals surface area contributed by atoms with E-state index in [1.54, 1.807) is 0 Å². The van der Waals surface area contributed by atoms with Crippen LogP contribution in [0.25, 0.3) is 10.9 Å². The Kier molecular flexibility index (Phi) is 5.40. The Morgan fingerprint density at radius 3 is 2.58 bits per heavy atom. The molecule has 1 aliphatic rings. The van der Waals surface area contributed by atoms with Crippen molar-refractivity contribution in [1.29, 1.82) is 0 Å². The van der Waals surface area contributed by atoms with Crippen LogP contribution in [0.3, 0.4) is 0 Å². The highest BCUT2D eigenvalue weighted by Gasteiger charge is 2.38. The summed E-state index contributed by atoms with van der Waals surface area (Å²) < 4.78 is 1.82. The van der Waals surface area contributed by atoms with Gasteiger partial charge in [0.05, 0.1) is 12.1 Å². The number of para-hydroxylation sites is 1. The number of aromatic nitrogens is 5. The first-order valence-corrected chi connectivity index (χ1v) is 12.3. The second-order valence-corrected chi connectivity index (χ2v) is 9.71. The Morgan fingerprint density at radius 2 is 1.75 bits per heavy atom. The number of benzene rings is 3. The molecular weight excluding hydrogens is 448 g/mol. The summed E-state index contributed by atoms with van der Waals surface area (Å²) in [4.78, 5) is 19.2. The smallest absolute Gasteiger partial charge is 0.254 e. The zero-order chi connectivity index (χ0) is 24.8. The van der Waals surface area contributed by atoms with E-state index in [4.69, 9.17) is 0 Å². The average molecular weight is 477 g/mol. The molecule has 0 bridgehead atoms. The molecule has 0 fully saturated rings. The Labute approximate surface area is 209 Å². The molecule has 0 saturated carbocycles. The highest BCUT2D eigenvalue weighted by molar-refractivity contribution is 5.85. The van der Waals surface area contributed by atoms with Crippen molar-refractivity contribution >= 4 is 16.6 Å². The van der Waals surface area contributed by atoms with E-state index < -0.39 is 6.04 Å². The number of fused-ring (bicyclic) bond motifs is 2. The van der Waals surface area contributed by atoms with Gasteiger partial charge in [-0.05, 0) is 72.0 Å². The molecule has 0 spiro atoms. The molecule has 0 aliphatic carbocycles. The number of pyridine rings is 1. The van der Waals surface area contributed by atoms with Gasteiger partial charge in [0.15, 0.2) is 5.82 Å². The number of H-pyrrole nitrogens is 1. The van der Waals surface area contributed by atoms with Crippen LogP contribution in [0.5, 0.6) is 0 Å². The van der Waals surface area contributed by atoms with Crippen LogP contribution in [-0.4, -0.2) is 31.2 Å². The summed E-state index contributed by atoms with van der Waals surface area (Å²) in [5.41, 5.74) is 7.04. The first-order valence-electron chi connectivity index (χ1n) is 12.3. The fraction of sp³-hybridized carbons (Fsp3) is 0.241. The number of nitrogens with zero attached hydrogens (tertiary/aromatic N) is 5. The summed E-state index contributed by atoms with van der Waals surface area (Å²) in [6, 6.07) is 24.4. The predicted octanol–water partition coefficient (Wildman–Crippen LogP) is 4.72. The molecule has 0 amide bonds. The predicted molar refractivity (Wildman–Crippen MR) is 141 cm³/mol. The summed E-state index contributed by atoms with van der Waals surface area (Å²) in [6.07, 6.45) is 0.899. The molecular formula is C29H28N6O. The number of rotatable bonds is 5. The quantitative estimate of drug-likeness (QED) is 0.397. The van der Waals surface area contributed by atoms with Crippen LogP contribution in [0.2, 0.25) is 0 Å². The first-order chi connectivity index (χ1) is 17.5. The van der Waals surface area contributed by atoms with E-state index in [2.05, 4.69) is 75.7 Å². The molecule has 3 aromatic carbocycles. The van der Waals surface area contributed by atoms with Crippen molar-refractivity contribution < 1.29 is 0 Å². The zero-order valence-corrected chi connectivity index (χ0v) is 20.6. The number of anilines is 1. The Morgan fingerprint density at radius 1 is 1.00 bits per heavy atom. The molecule has 2 atom stereocenters. The van der Waals surface area contributed by atoms with E-state index in [0.717, 1.165) is 39.7 Å². The third kappa shape index (κ3) is 3.68. The maximum atomic E-state index is 13.7. The fourth-order valence-electron chi connectivity index (χ4n) is 5.47. The van der Waals surface area contributed by atoms with Crippen LogP contribution in [0, 0.1) is 13.8 Å². The molecule has 1 N–H and O–H groups in total. The van der Waals surface area contributed by atoms with Crippen LogP contribution in [0.4, 0.5) is 5.69 Å². The lowest BCUT2D eigenvalue weighted by atomic mass is 9.99. The lowest BCUT2D eigenvalue weighted by Gasteiger charge is -2.33. The van der Waals surface area contributed by atoms with Gasteiger partial charge in [-0.25, -0.2) is 4.68 Å². The fourth-order valence-corrected chi connectivity index (χ4v) is 5.47. The number of hydrogen-bond donors (Lipinski definition) is 1. The van der Waals surface area contributed by atoms with Crippen LogP contribution in [0.15, 0.2) is 77.6 Å². The summed E-state index contributed by atoms with van der Waals surface area (Å²) in [5.74, 6) is 0.651. The largest absolute Gasteiger partial charge is 0.354 e. The maximum absolute atomic E-state index is 13.7. The summed E-state index contributed by atoms with van der Waals surface area (Å²) in [7, 11) is 0. The van der Waals surface area contributed by atoms with E-state index in [9.17, 15) is 4.79 Å². The van der Waals surface area contributed by atoms with Gasteiger partial charge < -0.3 is 9.88 Å². The maximum Gasteiger partial charge on any atom is 0.254 e. The van der Waals surface area contributed by atoms with Crippen molar-refractivity contribution in [2.75, 3.05) is 4.90 Å². The van der Waals surface area contributed by atoms with Gasteiger partial charge in [0.1, 0.15) is 6.04 Å².